The first-order chi connectivity index (χ1) is 10.3. The van der Waals surface area contributed by atoms with Crippen molar-refractivity contribution in [2.24, 2.45) is 0 Å². The zero-order valence-electron chi connectivity index (χ0n) is 12.0. The Morgan fingerprint density at radius 3 is 2.90 bits per heavy atom. The van der Waals surface area contributed by atoms with Crippen molar-refractivity contribution < 1.29 is 9.84 Å². The van der Waals surface area contributed by atoms with Gasteiger partial charge in [0.05, 0.1) is 6.61 Å². The summed E-state index contributed by atoms with van der Waals surface area (Å²) in [5.74, 6) is 3.08. The number of nitrogens with zero attached hydrogens (tertiary/aromatic N) is 2. The molecule has 1 fully saturated rings. The van der Waals surface area contributed by atoms with Gasteiger partial charge < -0.3 is 15.2 Å². The van der Waals surface area contributed by atoms with Gasteiger partial charge in [0, 0.05) is 17.8 Å². The Morgan fingerprint density at radius 1 is 1.33 bits per heavy atom. The first-order valence-corrected chi connectivity index (χ1v) is 7.20. The van der Waals surface area contributed by atoms with Crippen LogP contribution >= 0.6 is 0 Å². The first-order valence-electron chi connectivity index (χ1n) is 7.20. The maximum absolute atomic E-state index is 8.79. The summed E-state index contributed by atoms with van der Waals surface area (Å²) < 4.78 is 5.45. The third-order valence-electron chi connectivity index (χ3n) is 3.41. The van der Waals surface area contributed by atoms with Crippen molar-refractivity contribution in [2.75, 3.05) is 18.5 Å². The number of rotatable bonds is 6. The summed E-state index contributed by atoms with van der Waals surface area (Å²) in [7, 11) is 0. The maximum Gasteiger partial charge on any atom is 0.134 e. The van der Waals surface area contributed by atoms with E-state index < -0.39 is 0 Å². The average Bonchev–Trinajstić information content (AvgIpc) is 3.31. The van der Waals surface area contributed by atoms with E-state index in [9.17, 15) is 0 Å². The number of benzene rings is 1. The second-order valence-corrected chi connectivity index (χ2v) is 5.25. The van der Waals surface area contributed by atoms with Crippen molar-refractivity contribution in [1.29, 1.82) is 0 Å². The minimum Gasteiger partial charge on any atom is -0.491 e. The number of aromatic nitrogens is 2. The molecular weight excluding hydrogens is 266 g/mol. The van der Waals surface area contributed by atoms with Gasteiger partial charge in [0.2, 0.25) is 0 Å². The predicted octanol–water partition coefficient (Wildman–Crippen LogP) is 2.78. The molecule has 0 amide bonds. The third-order valence-corrected chi connectivity index (χ3v) is 3.41. The van der Waals surface area contributed by atoms with Gasteiger partial charge in [-0.25, -0.2) is 9.97 Å². The van der Waals surface area contributed by atoms with E-state index in [0.29, 0.717) is 12.5 Å². The lowest BCUT2D eigenvalue weighted by molar-refractivity contribution is 0.200. The molecule has 1 aromatic carbocycles. The standard InChI is InChI=1S/C16H19N3O2/c1-11-10-13(4-5-14(11)21-9-8-20)18-15-6-7-17-16(19-15)12-2-3-12/h4-7,10,12,20H,2-3,8-9H2,1H3,(H,17,18,19). The molecule has 0 saturated heterocycles. The molecule has 1 aromatic heterocycles. The summed E-state index contributed by atoms with van der Waals surface area (Å²) in [5, 5.41) is 12.1. The predicted molar refractivity (Wildman–Crippen MR) is 81.0 cm³/mol. The van der Waals surface area contributed by atoms with Gasteiger partial charge in [-0.15, -0.1) is 0 Å². The number of aliphatic hydroxyl groups is 1. The smallest absolute Gasteiger partial charge is 0.134 e. The molecule has 0 radical (unpaired) electrons. The zero-order chi connectivity index (χ0) is 14.7. The molecule has 0 unspecified atom stereocenters. The molecule has 3 rings (SSSR count). The number of anilines is 2. The highest BCUT2D eigenvalue weighted by molar-refractivity contribution is 5.59. The van der Waals surface area contributed by atoms with Crippen LogP contribution in [-0.4, -0.2) is 28.3 Å². The lowest BCUT2D eigenvalue weighted by Crippen LogP contribution is -2.03. The minimum atomic E-state index is 0.0182. The van der Waals surface area contributed by atoms with Gasteiger partial charge >= 0.3 is 0 Å². The summed E-state index contributed by atoms with van der Waals surface area (Å²) in [6.07, 6.45) is 4.19. The molecule has 21 heavy (non-hydrogen) atoms. The van der Waals surface area contributed by atoms with Crippen molar-refractivity contribution in [3.05, 3.63) is 41.9 Å². The molecule has 1 heterocycles. The lowest BCUT2D eigenvalue weighted by atomic mass is 10.2. The van der Waals surface area contributed by atoms with Crippen molar-refractivity contribution in [3.63, 3.8) is 0 Å². The Labute approximate surface area is 124 Å². The second-order valence-electron chi connectivity index (χ2n) is 5.25. The quantitative estimate of drug-likeness (QED) is 0.854. The van der Waals surface area contributed by atoms with Crippen LogP contribution in [0.25, 0.3) is 0 Å². The van der Waals surface area contributed by atoms with E-state index in [2.05, 4.69) is 15.3 Å². The van der Waals surface area contributed by atoms with Crippen molar-refractivity contribution >= 4 is 11.5 Å². The summed E-state index contributed by atoms with van der Waals surface area (Å²) in [6.45, 7) is 2.31. The van der Waals surface area contributed by atoms with Crippen LogP contribution in [0, 0.1) is 6.92 Å². The topological polar surface area (TPSA) is 67.3 Å². The molecule has 5 heteroatoms. The first kappa shape index (κ1) is 13.8. The Bertz CT molecular complexity index is 627. The van der Waals surface area contributed by atoms with E-state index in [4.69, 9.17) is 9.84 Å². The summed E-state index contributed by atoms with van der Waals surface area (Å²) in [6, 6.07) is 7.72. The lowest BCUT2D eigenvalue weighted by Gasteiger charge is -2.11. The molecule has 0 bridgehead atoms. The summed E-state index contributed by atoms with van der Waals surface area (Å²) >= 11 is 0. The zero-order valence-corrected chi connectivity index (χ0v) is 12.0. The molecule has 5 nitrogen and oxygen atoms in total. The molecular formula is C16H19N3O2. The third kappa shape index (κ3) is 3.49. The number of hydrogen-bond donors (Lipinski definition) is 2. The van der Waals surface area contributed by atoms with Crippen LogP contribution in [0.2, 0.25) is 0 Å². The molecule has 1 aliphatic carbocycles. The fourth-order valence-corrected chi connectivity index (χ4v) is 2.17. The Balaban J connectivity index is 1.72. The van der Waals surface area contributed by atoms with Crippen LogP contribution in [0.3, 0.4) is 0 Å². The molecule has 2 aromatic rings. The van der Waals surface area contributed by atoms with Crippen molar-refractivity contribution in [2.45, 2.75) is 25.7 Å². The maximum atomic E-state index is 8.79. The van der Waals surface area contributed by atoms with Gasteiger partial charge in [0.25, 0.3) is 0 Å². The van der Waals surface area contributed by atoms with Gasteiger partial charge in [-0.05, 0) is 49.6 Å². The van der Waals surface area contributed by atoms with Gasteiger partial charge in [-0.2, -0.15) is 0 Å². The van der Waals surface area contributed by atoms with Gasteiger partial charge in [0.1, 0.15) is 24.0 Å². The van der Waals surface area contributed by atoms with Crippen molar-refractivity contribution in [3.8, 4) is 5.75 Å². The highest BCUT2D eigenvalue weighted by atomic mass is 16.5. The van der Waals surface area contributed by atoms with Gasteiger partial charge in [-0.3, -0.25) is 0 Å². The Hall–Kier alpha value is -2.14. The monoisotopic (exact) mass is 285 g/mol. The van der Waals surface area contributed by atoms with Crippen LogP contribution in [0.15, 0.2) is 30.5 Å². The van der Waals surface area contributed by atoms with Crippen molar-refractivity contribution in [1.82, 2.24) is 9.97 Å². The highest BCUT2D eigenvalue weighted by Crippen LogP contribution is 2.38. The molecule has 0 spiro atoms. The van der Waals surface area contributed by atoms with Crippen LogP contribution in [0.5, 0.6) is 5.75 Å². The fraction of sp³-hybridized carbons (Fsp3) is 0.375. The molecule has 0 atom stereocenters. The SMILES string of the molecule is Cc1cc(Nc2ccnc(C3CC3)n2)ccc1OCCO. The van der Waals surface area contributed by atoms with E-state index >= 15 is 0 Å². The Kier molecular flexibility index (Phi) is 4.01. The molecule has 1 aliphatic rings. The molecule has 1 saturated carbocycles. The highest BCUT2D eigenvalue weighted by Gasteiger charge is 2.26. The summed E-state index contributed by atoms with van der Waals surface area (Å²) in [5.41, 5.74) is 1.98. The van der Waals surface area contributed by atoms with Crippen LogP contribution in [0.1, 0.15) is 30.1 Å². The van der Waals surface area contributed by atoms with Gasteiger partial charge in [-0.1, -0.05) is 0 Å². The average molecular weight is 285 g/mol. The van der Waals surface area contributed by atoms with Crippen LogP contribution in [-0.2, 0) is 0 Å². The van der Waals surface area contributed by atoms with E-state index in [1.54, 1.807) is 6.20 Å². The number of aliphatic hydroxyl groups excluding tert-OH is 1. The summed E-state index contributed by atoms with van der Waals surface area (Å²) in [4.78, 5) is 8.86. The van der Waals surface area contributed by atoms with E-state index in [0.717, 1.165) is 28.6 Å². The Morgan fingerprint density at radius 2 is 2.19 bits per heavy atom. The van der Waals surface area contributed by atoms with Crippen LogP contribution in [0.4, 0.5) is 11.5 Å². The van der Waals surface area contributed by atoms with Gasteiger partial charge in [0.15, 0.2) is 0 Å². The minimum absolute atomic E-state index is 0.0182. The number of ether oxygens (including phenoxy) is 1. The number of aryl methyl sites for hydroxylation is 1. The van der Waals surface area contributed by atoms with Crippen LogP contribution < -0.4 is 10.1 Å². The largest absolute Gasteiger partial charge is 0.491 e. The molecule has 110 valence electrons. The molecule has 0 aliphatic heterocycles. The molecule has 2 N–H and O–H groups in total. The van der Waals surface area contributed by atoms with E-state index in [1.165, 1.54) is 12.8 Å². The fourth-order valence-electron chi connectivity index (χ4n) is 2.17. The number of hydrogen-bond acceptors (Lipinski definition) is 5. The number of nitrogens with one attached hydrogen (secondary N) is 1. The normalized spacial score (nSPS) is 14.0. The second kappa shape index (κ2) is 6.10. The van der Waals surface area contributed by atoms with E-state index in [-0.39, 0.29) is 6.61 Å². The van der Waals surface area contributed by atoms with E-state index in [1.807, 2.05) is 31.2 Å².